The molecule has 0 bridgehead atoms. The van der Waals surface area contributed by atoms with Gasteiger partial charge in [-0.3, -0.25) is 4.79 Å². The molecule has 0 radical (unpaired) electrons. The highest BCUT2D eigenvalue weighted by Gasteiger charge is 2.23. The molecule has 1 aromatic heterocycles. The summed E-state index contributed by atoms with van der Waals surface area (Å²) in [6.07, 6.45) is 2.19. The normalized spacial score (nSPS) is 15.8. The molecular weight excluding hydrogens is 308 g/mol. The first-order chi connectivity index (χ1) is 11.1. The van der Waals surface area contributed by atoms with E-state index in [4.69, 9.17) is 4.52 Å². The Bertz CT molecular complexity index is 675. The molecule has 1 aromatic carbocycles. The largest absolute Gasteiger partial charge is 0.360 e. The molecule has 0 aliphatic carbocycles. The van der Waals surface area contributed by atoms with Gasteiger partial charge in [0.1, 0.15) is 5.76 Å². The number of carbonyl (C=O) groups excluding carboxylic acids is 1. The van der Waals surface area contributed by atoms with Gasteiger partial charge in [0.2, 0.25) is 0 Å². The molecule has 4 nitrogen and oxygen atoms in total. The van der Waals surface area contributed by atoms with Crippen LogP contribution in [0.1, 0.15) is 41.6 Å². The van der Waals surface area contributed by atoms with Crippen molar-refractivity contribution >= 4 is 17.7 Å². The van der Waals surface area contributed by atoms with Crippen LogP contribution in [-0.4, -0.2) is 29.1 Å². The topological polar surface area (TPSA) is 46.3 Å². The van der Waals surface area contributed by atoms with Crippen LogP contribution in [0.3, 0.4) is 0 Å². The van der Waals surface area contributed by atoms with Crippen LogP contribution in [0.25, 0.3) is 0 Å². The smallest absolute Gasteiger partial charge is 0.254 e. The quantitative estimate of drug-likeness (QED) is 0.790. The molecule has 23 heavy (non-hydrogen) atoms. The molecule has 3 rings (SSSR count). The SMILES string of the molecule is Cc1cc(CSc2ccccc2C(=O)N2CCC(C)CC2)on1. The van der Waals surface area contributed by atoms with Gasteiger partial charge >= 0.3 is 0 Å². The van der Waals surface area contributed by atoms with E-state index in [1.165, 1.54) is 0 Å². The molecule has 1 aliphatic rings. The van der Waals surface area contributed by atoms with Gasteiger partial charge in [0, 0.05) is 24.1 Å². The van der Waals surface area contributed by atoms with E-state index in [1.54, 1.807) is 11.8 Å². The fourth-order valence-electron chi connectivity index (χ4n) is 2.78. The van der Waals surface area contributed by atoms with E-state index in [1.807, 2.05) is 42.2 Å². The number of hydrogen-bond acceptors (Lipinski definition) is 4. The zero-order valence-electron chi connectivity index (χ0n) is 13.6. The van der Waals surface area contributed by atoms with Crippen LogP contribution in [0.2, 0.25) is 0 Å². The first kappa shape index (κ1) is 16.1. The summed E-state index contributed by atoms with van der Waals surface area (Å²) in [7, 11) is 0. The Hall–Kier alpha value is -1.75. The molecule has 2 aromatic rings. The van der Waals surface area contributed by atoms with Crippen LogP contribution >= 0.6 is 11.8 Å². The highest BCUT2D eigenvalue weighted by molar-refractivity contribution is 7.98. The van der Waals surface area contributed by atoms with Crippen molar-refractivity contribution in [2.75, 3.05) is 13.1 Å². The summed E-state index contributed by atoms with van der Waals surface area (Å²) in [6, 6.07) is 9.77. The maximum atomic E-state index is 12.8. The summed E-state index contributed by atoms with van der Waals surface area (Å²) >= 11 is 1.63. The first-order valence-electron chi connectivity index (χ1n) is 8.07. The number of nitrogens with zero attached hydrogens (tertiary/aromatic N) is 2. The third kappa shape index (κ3) is 3.96. The maximum Gasteiger partial charge on any atom is 0.254 e. The lowest BCUT2D eigenvalue weighted by Crippen LogP contribution is -2.38. The van der Waals surface area contributed by atoms with Crippen LogP contribution in [0, 0.1) is 12.8 Å². The average Bonchev–Trinajstić information content (AvgIpc) is 2.99. The standard InChI is InChI=1S/C18H22N2O2S/c1-13-7-9-20(10-8-13)18(21)16-5-3-4-6-17(16)23-12-15-11-14(2)19-22-15/h3-6,11,13H,7-10,12H2,1-2H3. The lowest BCUT2D eigenvalue weighted by Gasteiger charge is -2.30. The molecule has 1 amide bonds. The summed E-state index contributed by atoms with van der Waals surface area (Å²) in [5.41, 5.74) is 1.68. The van der Waals surface area contributed by atoms with E-state index < -0.39 is 0 Å². The summed E-state index contributed by atoms with van der Waals surface area (Å²) < 4.78 is 5.25. The van der Waals surface area contributed by atoms with Gasteiger partial charge in [-0.2, -0.15) is 0 Å². The van der Waals surface area contributed by atoms with Crippen molar-refractivity contribution in [3.05, 3.63) is 47.3 Å². The predicted octanol–water partition coefficient (Wildman–Crippen LogP) is 4.15. The number of rotatable bonds is 4. The third-order valence-electron chi connectivity index (χ3n) is 4.24. The number of benzene rings is 1. The van der Waals surface area contributed by atoms with Crippen molar-refractivity contribution in [1.82, 2.24) is 10.1 Å². The molecule has 2 heterocycles. The molecule has 1 saturated heterocycles. The molecule has 0 saturated carbocycles. The highest BCUT2D eigenvalue weighted by atomic mass is 32.2. The van der Waals surface area contributed by atoms with E-state index in [0.717, 1.165) is 53.8 Å². The Labute approximate surface area is 141 Å². The minimum absolute atomic E-state index is 0.147. The maximum absolute atomic E-state index is 12.8. The molecule has 0 unspecified atom stereocenters. The fourth-order valence-corrected chi connectivity index (χ4v) is 3.70. The lowest BCUT2D eigenvalue weighted by molar-refractivity contribution is 0.0693. The molecular formula is C18H22N2O2S. The zero-order valence-corrected chi connectivity index (χ0v) is 14.4. The van der Waals surface area contributed by atoms with Crippen molar-refractivity contribution in [2.24, 2.45) is 5.92 Å². The molecule has 0 spiro atoms. The van der Waals surface area contributed by atoms with Crippen molar-refractivity contribution in [3.63, 3.8) is 0 Å². The van der Waals surface area contributed by atoms with Gasteiger partial charge in [0.05, 0.1) is 17.0 Å². The average molecular weight is 330 g/mol. The van der Waals surface area contributed by atoms with Gasteiger partial charge in [-0.25, -0.2) is 0 Å². The molecule has 5 heteroatoms. The van der Waals surface area contributed by atoms with Gasteiger partial charge < -0.3 is 9.42 Å². The zero-order chi connectivity index (χ0) is 16.2. The second-order valence-corrected chi connectivity index (χ2v) is 7.21. The second-order valence-electron chi connectivity index (χ2n) is 6.19. The van der Waals surface area contributed by atoms with Crippen molar-refractivity contribution in [2.45, 2.75) is 37.3 Å². The van der Waals surface area contributed by atoms with E-state index in [9.17, 15) is 4.79 Å². The molecule has 122 valence electrons. The number of thioether (sulfide) groups is 1. The summed E-state index contributed by atoms with van der Waals surface area (Å²) in [5, 5.41) is 3.90. The van der Waals surface area contributed by atoms with Crippen molar-refractivity contribution in [1.29, 1.82) is 0 Å². The summed E-state index contributed by atoms with van der Waals surface area (Å²) in [6.45, 7) is 5.89. The second kappa shape index (κ2) is 7.21. The van der Waals surface area contributed by atoms with Crippen LogP contribution in [-0.2, 0) is 5.75 Å². The van der Waals surface area contributed by atoms with Gasteiger partial charge in [0.25, 0.3) is 5.91 Å². The Morgan fingerprint density at radius 1 is 1.35 bits per heavy atom. The lowest BCUT2D eigenvalue weighted by atomic mass is 9.98. The third-order valence-corrected chi connectivity index (χ3v) is 5.33. The van der Waals surface area contributed by atoms with Gasteiger partial charge in [0.15, 0.2) is 0 Å². The van der Waals surface area contributed by atoms with Crippen molar-refractivity contribution in [3.8, 4) is 0 Å². The van der Waals surface area contributed by atoms with Gasteiger partial charge in [-0.05, 0) is 37.8 Å². The summed E-state index contributed by atoms with van der Waals surface area (Å²) in [4.78, 5) is 15.8. The minimum Gasteiger partial charge on any atom is -0.360 e. The molecule has 1 fully saturated rings. The van der Waals surface area contributed by atoms with E-state index in [2.05, 4.69) is 12.1 Å². The van der Waals surface area contributed by atoms with Crippen LogP contribution < -0.4 is 0 Å². The minimum atomic E-state index is 0.147. The number of carbonyl (C=O) groups is 1. The first-order valence-corrected chi connectivity index (χ1v) is 9.05. The van der Waals surface area contributed by atoms with Crippen LogP contribution in [0.15, 0.2) is 39.8 Å². The number of aromatic nitrogens is 1. The summed E-state index contributed by atoms with van der Waals surface area (Å²) in [5.74, 6) is 2.39. The number of piperidine rings is 1. The molecule has 0 atom stereocenters. The van der Waals surface area contributed by atoms with Crippen LogP contribution in [0.4, 0.5) is 0 Å². The van der Waals surface area contributed by atoms with E-state index in [0.29, 0.717) is 5.75 Å². The Morgan fingerprint density at radius 3 is 2.78 bits per heavy atom. The van der Waals surface area contributed by atoms with E-state index in [-0.39, 0.29) is 5.91 Å². The Kier molecular flexibility index (Phi) is 5.06. The number of likely N-dealkylation sites (tertiary alicyclic amines) is 1. The van der Waals surface area contributed by atoms with Crippen LogP contribution in [0.5, 0.6) is 0 Å². The van der Waals surface area contributed by atoms with Gasteiger partial charge in [-0.15, -0.1) is 11.8 Å². The van der Waals surface area contributed by atoms with Crippen molar-refractivity contribution < 1.29 is 9.32 Å². The predicted molar refractivity (Wildman–Crippen MR) is 91.5 cm³/mol. The van der Waals surface area contributed by atoms with Gasteiger partial charge in [-0.1, -0.05) is 24.2 Å². The number of amides is 1. The number of aryl methyl sites for hydroxylation is 1. The monoisotopic (exact) mass is 330 g/mol. The van der Waals surface area contributed by atoms with E-state index >= 15 is 0 Å². The number of hydrogen-bond donors (Lipinski definition) is 0. The fraction of sp³-hybridized carbons (Fsp3) is 0.444. The molecule has 0 N–H and O–H groups in total. The Balaban J connectivity index is 1.71. The molecule has 1 aliphatic heterocycles. The Morgan fingerprint density at radius 2 is 2.09 bits per heavy atom. The highest BCUT2D eigenvalue weighted by Crippen LogP contribution is 2.28.